The first-order valence-corrected chi connectivity index (χ1v) is 19.7. The fourth-order valence-corrected chi connectivity index (χ4v) is 6.91. The topological polar surface area (TPSA) is 72.2 Å². The molecule has 1 aliphatic heterocycles. The zero-order chi connectivity index (χ0) is 40.7. The molecule has 0 aliphatic carbocycles. The van der Waals surface area contributed by atoms with Gasteiger partial charge in [-0.2, -0.15) is 0 Å². The number of hydrogen-bond acceptors (Lipinski definition) is 4. The van der Waals surface area contributed by atoms with Gasteiger partial charge in [0.15, 0.2) is 0 Å². The van der Waals surface area contributed by atoms with E-state index in [0.717, 1.165) is 16.7 Å². The molecule has 0 spiro atoms. The maximum Gasteiger partial charge on any atom is 0.0936 e. The molecule has 6 aromatic carbocycles. The van der Waals surface area contributed by atoms with Crippen LogP contribution in [-0.4, -0.2) is 10.6 Å². The van der Waals surface area contributed by atoms with E-state index < -0.39 is 0 Å². The smallest absolute Gasteiger partial charge is 0.0936 e. The molecule has 2 atom stereocenters. The lowest BCUT2D eigenvalue weighted by molar-refractivity contribution is 0.577. The fourth-order valence-electron chi connectivity index (χ4n) is 6.91. The highest BCUT2D eigenvalue weighted by Crippen LogP contribution is 2.40. The van der Waals surface area contributed by atoms with Gasteiger partial charge in [0.2, 0.25) is 0 Å². The summed E-state index contributed by atoms with van der Waals surface area (Å²) in [5.41, 5.74) is 21.2. The molecule has 5 heteroatoms. The molecule has 57 heavy (non-hydrogen) atoms. The Hall–Kier alpha value is -6.24. The third kappa shape index (κ3) is 10.5. The Kier molecular flexibility index (Phi) is 15.2. The van der Waals surface area contributed by atoms with Crippen LogP contribution in [-0.2, 0) is 0 Å². The lowest BCUT2D eigenvalue weighted by Crippen LogP contribution is -2.34. The van der Waals surface area contributed by atoms with Crippen LogP contribution in [0.4, 0.5) is 5.69 Å². The standard InChI is InChI=1S/C30H28N2.C13H15N3.C7H8.C2H6/c1-21(2)18-23(4)31-17-11-10-12-22(3)26-19-27-25-15-8-9-16-28(25)32(30(27)20-29(26)31)24-13-6-5-7-14-24;14-13(16-15)12-8-4-7-11(9-12)10-5-2-1-3-6-10;1-7-5-3-2-4-6-7;1-2/h5-20,23H,3H2,1-2,4H3;1-9,13,16H,14-15H2;2-6H,1H3;1-2H3/b12-10-,17-11-;;;. The van der Waals surface area contributed by atoms with Crippen LogP contribution in [0.3, 0.4) is 0 Å². The lowest BCUT2D eigenvalue weighted by Gasteiger charge is -2.30. The predicted octanol–water partition coefficient (Wildman–Crippen LogP) is 12.8. The van der Waals surface area contributed by atoms with E-state index in [9.17, 15) is 0 Å². The Balaban J connectivity index is 0.000000205. The number of fused-ring (bicyclic) bond motifs is 4. The van der Waals surface area contributed by atoms with Gasteiger partial charge < -0.3 is 15.2 Å². The summed E-state index contributed by atoms with van der Waals surface area (Å²) in [5, 5.41) is 2.50. The van der Waals surface area contributed by atoms with Gasteiger partial charge in [0, 0.05) is 34.3 Å². The molecule has 0 radical (unpaired) electrons. The number of nitrogens with zero attached hydrogens (tertiary/aromatic N) is 2. The molecule has 0 amide bonds. The number of hydrazine groups is 1. The molecule has 2 unspecified atom stereocenters. The molecule has 0 bridgehead atoms. The van der Waals surface area contributed by atoms with Gasteiger partial charge in [-0.15, -0.1) is 0 Å². The van der Waals surface area contributed by atoms with Crippen LogP contribution in [0.5, 0.6) is 0 Å². The van der Waals surface area contributed by atoms with Gasteiger partial charge >= 0.3 is 0 Å². The molecule has 2 heterocycles. The van der Waals surface area contributed by atoms with Crippen molar-refractivity contribution in [3.63, 3.8) is 0 Å². The molecule has 5 N–H and O–H groups in total. The Labute approximate surface area is 339 Å². The van der Waals surface area contributed by atoms with Gasteiger partial charge in [0.1, 0.15) is 0 Å². The quantitative estimate of drug-likeness (QED) is 0.0685. The predicted molar refractivity (Wildman–Crippen MR) is 248 cm³/mol. The number of aryl methyl sites for hydroxylation is 1. The minimum atomic E-state index is -0.330. The van der Waals surface area contributed by atoms with Crippen LogP contribution in [0.15, 0.2) is 194 Å². The largest absolute Gasteiger partial charge is 0.341 e. The van der Waals surface area contributed by atoms with Gasteiger partial charge in [-0.3, -0.25) is 5.84 Å². The minimum Gasteiger partial charge on any atom is -0.341 e. The molecule has 1 aromatic heterocycles. The van der Waals surface area contributed by atoms with Crippen molar-refractivity contribution in [3.8, 4) is 16.8 Å². The molecule has 7 aromatic rings. The summed E-state index contributed by atoms with van der Waals surface area (Å²) < 4.78 is 2.37. The summed E-state index contributed by atoms with van der Waals surface area (Å²) >= 11 is 0. The number of benzene rings is 6. The van der Waals surface area contributed by atoms with E-state index in [1.165, 1.54) is 55.4 Å². The first-order chi connectivity index (χ1) is 27.7. The van der Waals surface area contributed by atoms with Crippen molar-refractivity contribution >= 4 is 33.1 Å². The Morgan fingerprint density at radius 2 is 1.30 bits per heavy atom. The average Bonchev–Trinajstić information content (AvgIpc) is 3.57. The van der Waals surface area contributed by atoms with Crippen molar-refractivity contribution in [1.29, 1.82) is 0 Å². The molecule has 0 saturated carbocycles. The summed E-state index contributed by atoms with van der Waals surface area (Å²) in [6.45, 7) is 17.0. The van der Waals surface area contributed by atoms with Crippen LogP contribution in [0.1, 0.15) is 57.5 Å². The van der Waals surface area contributed by atoms with Gasteiger partial charge in [-0.1, -0.05) is 165 Å². The molecular weight excluding hydrogens is 695 g/mol. The Morgan fingerprint density at radius 1 is 0.684 bits per heavy atom. The average molecular weight is 752 g/mol. The molecule has 5 nitrogen and oxygen atoms in total. The third-order valence-corrected chi connectivity index (χ3v) is 9.57. The molecule has 290 valence electrons. The van der Waals surface area contributed by atoms with Crippen molar-refractivity contribution in [2.75, 3.05) is 4.90 Å². The van der Waals surface area contributed by atoms with Crippen LogP contribution >= 0.6 is 0 Å². The van der Waals surface area contributed by atoms with E-state index in [1.54, 1.807) is 0 Å². The number of nitrogens with one attached hydrogen (secondary N) is 1. The summed E-state index contributed by atoms with van der Waals surface area (Å²) in [6, 6.07) is 52.6. The van der Waals surface area contributed by atoms with Gasteiger partial charge in [0.05, 0.1) is 22.9 Å². The molecule has 8 rings (SSSR count). The number of para-hydroxylation sites is 2. The summed E-state index contributed by atoms with van der Waals surface area (Å²) in [6.07, 6.45) is 10.4. The summed E-state index contributed by atoms with van der Waals surface area (Å²) in [5.74, 6) is 5.32. The van der Waals surface area contributed by atoms with E-state index in [2.05, 4.69) is 177 Å². The zero-order valence-electron chi connectivity index (χ0n) is 34.2. The van der Waals surface area contributed by atoms with Crippen molar-refractivity contribution < 1.29 is 0 Å². The van der Waals surface area contributed by atoms with Gasteiger partial charge in [0.25, 0.3) is 0 Å². The van der Waals surface area contributed by atoms with E-state index >= 15 is 0 Å². The first-order valence-electron chi connectivity index (χ1n) is 19.7. The van der Waals surface area contributed by atoms with Crippen LogP contribution in [0.2, 0.25) is 0 Å². The second kappa shape index (κ2) is 20.6. The number of anilines is 1. The highest BCUT2D eigenvalue weighted by molar-refractivity contribution is 6.12. The lowest BCUT2D eigenvalue weighted by atomic mass is 9.98. The van der Waals surface area contributed by atoms with Crippen LogP contribution < -0.4 is 21.9 Å². The summed E-state index contributed by atoms with van der Waals surface area (Å²) in [4.78, 5) is 2.35. The monoisotopic (exact) mass is 751 g/mol. The van der Waals surface area contributed by atoms with E-state index in [1.807, 2.05) is 68.4 Å². The number of hydrogen-bond donors (Lipinski definition) is 3. The third-order valence-electron chi connectivity index (χ3n) is 9.57. The normalized spacial score (nSPS) is 13.8. The Bertz CT molecular complexity index is 2440. The molecule has 1 aliphatic rings. The van der Waals surface area contributed by atoms with Gasteiger partial charge in [-0.05, 0) is 92.4 Å². The van der Waals surface area contributed by atoms with Crippen molar-refractivity contribution in [2.24, 2.45) is 11.6 Å². The Morgan fingerprint density at radius 3 is 1.93 bits per heavy atom. The first kappa shape index (κ1) is 41.9. The number of allylic oxidation sites excluding steroid dienone is 5. The van der Waals surface area contributed by atoms with Crippen molar-refractivity contribution in [2.45, 2.75) is 53.8 Å². The highest BCUT2D eigenvalue weighted by Gasteiger charge is 2.21. The van der Waals surface area contributed by atoms with E-state index in [4.69, 9.17) is 11.6 Å². The van der Waals surface area contributed by atoms with E-state index in [-0.39, 0.29) is 12.2 Å². The minimum absolute atomic E-state index is 0.223. The maximum absolute atomic E-state index is 5.81. The molecule has 0 saturated heterocycles. The fraction of sp³-hybridized carbons (Fsp3) is 0.154. The highest BCUT2D eigenvalue weighted by atomic mass is 15.3. The van der Waals surface area contributed by atoms with Gasteiger partial charge in [-0.25, -0.2) is 5.43 Å². The SMILES string of the molecule is C=C1/C=C\C=C/N(C(C)C=C(C)C)c2cc3c(cc21)c1ccccc1n3-c1ccccc1.CC.Cc1ccccc1.NNC(N)c1cccc(-c2ccccc2)c1. The summed E-state index contributed by atoms with van der Waals surface area (Å²) in [7, 11) is 0. The number of aromatic nitrogens is 1. The van der Waals surface area contributed by atoms with Crippen molar-refractivity contribution in [1.82, 2.24) is 9.99 Å². The molecule has 0 fully saturated rings. The molecular formula is C52H57N5. The van der Waals surface area contributed by atoms with E-state index in [0.29, 0.717) is 0 Å². The number of nitrogens with two attached hydrogens (primary N) is 2. The second-order valence-corrected chi connectivity index (χ2v) is 14.0. The zero-order valence-corrected chi connectivity index (χ0v) is 34.2. The van der Waals surface area contributed by atoms with Crippen LogP contribution in [0, 0.1) is 6.92 Å². The van der Waals surface area contributed by atoms with Crippen LogP contribution in [0.25, 0.3) is 44.2 Å². The number of rotatable bonds is 6. The maximum atomic E-state index is 5.81. The second-order valence-electron chi connectivity index (χ2n) is 14.0. The van der Waals surface area contributed by atoms with Crippen molar-refractivity contribution in [3.05, 3.63) is 211 Å².